The molecule has 2 amide bonds. The summed E-state index contributed by atoms with van der Waals surface area (Å²) < 4.78 is 5.11. The average molecular weight is 397 g/mol. The standard InChI is InChI=1S/C20H17ClN4O3/c1-28-12-7-9-14(16(21)10-12)20(27)24-25-18-13-5-3-2-4-11(13)6-8-15(18)17(23-25)19(22)26/h2-5,7,9-10H,6,8H2,1H3,(H2,22,26)(H,24,27). The van der Waals surface area contributed by atoms with Crippen molar-refractivity contribution in [2.24, 2.45) is 5.73 Å². The van der Waals surface area contributed by atoms with Crippen LogP contribution in [0.1, 0.15) is 32.0 Å². The number of nitrogens with two attached hydrogens (primary N) is 1. The van der Waals surface area contributed by atoms with Crippen molar-refractivity contribution in [1.29, 1.82) is 0 Å². The number of primary amides is 1. The molecule has 0 saturated heterocycles. The summed E-state index contributed by atoms with van der Waals surface area (Å²) in [6.45, 7) is 0. The molecule has 8 heteroatoms. The second-order valence-electron chi connectivity index (χ2n) is 6.40. The Balaban J connectivity index is 1.77. The van der Waals surface area contributed by atoms with Gasteiger partial charge in [0.1, 0.15) is 5.75 Å². The number of ether oxygens (including phenoxy) is 1. The summed E-state index contributed by atoms with van der Waals surface area (Å²) in [5.41, 5.74) is 12.1. The minimum Gasteiger partial charge on any atom is -0.497 e. The Morgan fingerprint density at radius 1 is 1.21 bits per heavy atom. The molecule has 0 saturated carbocycles. The van der Waals surface area contributed by atoms with Crippen LogP contribution in [-0.2, 0) is 12.8 Å². The van der Waals surface area contributed by atoms with Crippen LogP contribution in [0.4, 0.5) is 0 Å². The highest BCUT2D eigenvalue weighted by atomic mass is 35.5. The van der Waals surface area contributed by atoms with Crippen LogP contribution in [-0.4, -0.2) is 28.8 Å². The van der Waals surface area contributed by atoms with Gasteiger partial charge >= 0.3 is 0 Å². The summed E-state index contributed by atoms with van der Waals surface area (Å²) in [6.07, 6.45) is 1.39. The molecule has 0 spiro atoms. The van der Waals surface area contributed by atoms with Gasteiger partial charge in [0.2, 0.25) is 0 Å². The van der Waals surface area contributed by atoms with E-state index in [1.165, 1.54) is 11.9 Å². The lowest BCUT2D eigenvalue weighted by Gasteiger charge is -2.18. The predicted octanol–water partition coefficient (Wildman–Crippen LogP) is 2.79. The zero-order valence-electron chi connectivity index (χ0n) is 15.0. The molecule has 3 aromatic rings. The number of carbonyl (C=O) groups is 2. The van der Waals surface area contributed by atoms with Crippen molar-refractivity contribution >= 4 is 23.4 Å². The molecule has 1 aliphatic rings. The number of benzene rings is 2. The molecule has 1 aliphatic carbocycles. The number of nitrogens with one attached hydrogen (secondary N) is 1. The van der Waals surface area contributed by atoms with Gasteiger partial charge in [-0.05, 0) is 36.6 Å². The monoisotopic (exact) mass is 396 g/mol. The number of hydrogen-bond donors (Lipinski definition) is 2. The number of halogens is 1. The molecule has 1 heterocycles. The van der Waals surface area contributed by atoms with Crippen molar-refractivity contribution in [2.75, 3.05) is 12.5 Å². The highest BCUT2D eigenvalue weighted by Crippen LogP contribution is 2.35. The van der Waals surface area contributed by atoms with E-state index >= 15 is 0 Å². The Bertz CT molecular complexity index is 1110. The van der Waals surface area contributed by atoms with Crippen LogP contribution in [0.15, 0.2) is 42.5 Å². The molecule has 0 aliphatic heterocycles. The van der Waals surface area contributed by atoms with E-state index in [2.05, 4.69) is 10.5 Å². The van der Waals surface area contributed by atoms with Gasteiger partial charge in [0.05, 0.1) is 23.4 Å². The van der Waals surface area contributed by atoms with Crippen molar-refractivity contribution in [1.82, 2.24) is 9.89 Å². The van der Waals surface area contributed by atoms with E-state index in [-0.39, 0.29) is 16.3 Å². The number of aromatic nitrogens is 2. The van der Waals surface area contributed by atoms with Crippen LogP contribution in [0.2, 0.25) is 5.02 Å². The fourth-order valence-corrected chi connectivity index (χ4v) is 3.69. The Labute approximate surface area is 166 Å². The number of hydrogen-bond acceptors (Lipinski definition) is 4. The second kappa shape index (κ2) is 7.01. The fourth-order valence-electron chi connectivity index (χ4n) is 3.44. The lowest BCUT2D eigenvalue weighted by molar-refractivity contribution is 0.0983. The largest absolute Gasteiger partial charge is 0.497 e. The van der Waals surface area contributed by atoms with Crippen LogP contribution in [0.5, 0.6) is 5.75 Å². The first kappa shape index (κ1) is 18.1. The second-order valence-corrected chi connectivity index (χ2v) is 6.80. The molecule has 1 aromatic heterocycles. The Morgan fingerprint density at radius 3 is 2.71 bits per heavy atom. The molecular weight excluding hydrogens is 380 g/mol. The Hall–Kier alpha value is -3.32. The molecule has 142 valence electrons. The summed E-state index contributed by atoms with van der Waals surface area (Å²) in [6, 6.07) is 12.6. The SMILES string of the molecule is COc1ccc(C(=O)Nn2nc(C(N)=O)c3c2-c2ccccc2CC3)c(Cl)c1. The van der Waals surface area contributed by atoms with E-state index < -0.39 is 11.8 Å². The zero-order chi connectivity index (χ0) is 19.8. The van der Waals surface area contributed by atoms with E-state index in [4.69, 9.17) is 22.1 Å². The lowest BCUT2D eigenvalue weighted by Crippen LogP contribution is -2.26. The number of methoxy groups -OCH3 is 1. The lowest BCUT2D eigenvalue weighted by atomic mass is 9.89. The first-order valence-electron chi connectivity index (χ1n) is 8.64. The van der Waals surface area contributed by atoms with E-state index in [1.807, 2.05) is 24.3 Å². The molecule has 0 radical (unpaired) electrons. The molecule has 2 aromatic carbocycles. The van der Waals surface area contributed by atoms with Crippen molar-refractivity contribution in [3.63, 3.8) is 0 Å². The summed E-state index contributed by atoms with van der Waals surface area (Å²) in [7, 11) is 1.52. The summed E-state index contributed by atoms with van der Waals surface area (Å²) in [4.78, 5) is 26.0. The molecule has 3 N–H and O–H groups in total. The molecule has 0 fully saturated rings. The maximum Gasteiger partial charge on any atom is 0.272 e. The number of aryl methyl sites for hydroxylation is 1. The van der Waals surface area contributed by atoms with Gasteiger partial charge in [-0.15, -0.1) is 5.10 Å². The maximum atomic E-state index is 12.8. The van der Waals surface area contributed by atoms with Gasteiger partial charge in [-0.2, -0.15) is 4.79 Å². The first-order valence-corrected chi connectivity index (χ1v) is 9.02. The maximum absolute atomic E-state index is 12.8. The number of nitrogens with zero attached hydrogens (tertiary/aromatic N) is 2. The molecular formula is C20H17ClN4O3. The average Bonchev–Trinajstić information content (AvgIpc) is 3.07. The summed E-state index contributed by atoms with van der Waals surface area (Å²) in [5.74, 6) is -0.550. The van der Waals surface area contributed by atoms with Gasteiger partial charge in [-0.25, -0.2) is 5.43 Å². The van der Waals surface area contributed by atoms with Crippen LogP contribution in [0, 0.1) is 0 Å². The highest BCUT2D eigenvalue weighted by molar-refractivity contribution is 6.34. The van der Waals surface area contributed by atoms with Crippen molar-refractivity contribution < 1.29 is 14.3 Å². The van der Waals surface area contributed by atoms with Crippen LogP contribution in [0.25, 0.3) is 11.3 Å². The number of carbonyl (C=O) groups excluding carboxylic acids is 2. The molecule has 0 bridgehead atoms. The first-order chi connectivity index (χ1) is 13.5. The summed E-state index contributed by atoms with van der Waals surface area (Å²) in [5, 5.41) is 4.51. The van der Waals surface area contributed by atoms with Crippen LogP contribution < -0.4 is 15.9 Å². The summed E-state index contributed by atoms with van der Waals surface area (Å²) >= 11 is 6.20. The van der Waals surface area contributed by atoms with E-state index in [1.54, 1.807) is 18.2 Å². The van der Waals surface area contributed by atoms with Crippen LogP contribution in [0.3, 0.4) is 0 Å². The van der Waals surface area contributed by atoms with Gasteiger partial charge in [0.25, 0.3) is 11.8 Å². The minimum atomic E-state index is -0.633. The number of amides is 2. The quantitative estimate of drug-likeness (QED) is 0.708. The van der Waals surface area contributed by atoms with Crippen molar-refractivity contribution in [3.05, 3.63) is 69.9 Å². The third-order valence-corrected chi connectivity index (χ3v) is 5.07. The van der Waals surface area contributed by atoms with E-state index in [0.717, 1.165) is 23.1 Å². The molecule has 7 nitrogen and oxygen atoms in total. The highest BCUT2D eigenvalue weighted by Gasteiger charge is 2.28. The van der Waals surface area contributed by atoms with Crippen molar-refractivity contribution in [3.8, 4) is 17.0 Å². The smallest absolute Gasteiger partial charge is 0.272 e. The zero-order valence-corrected chi connectivity index (χ0v) is 15.8. The molecule has 4 rings (SSSR count). The Kier molecular flexibility index (Phi) is 4.52. The van der Waals surface area contributed by atoms with Gasteiger partial charge in [-0.1, -0.05) is 35.9 Å². The number of rotatable bonds is 4. The minimum absolute atomic E-state index is 0.158. The third kappa shape index (κ3) is 2.99. The van der Waals surface area contributed by atoms with E-state index in [9.17, 15) is 9.59 Å². The normalized spacial score (nSPS) is 12.1. The fraction of sp³-hybridized carbons (Fsp3) is 0.150. The van der Waals surface area contributed by atoms with Crippen LogP contribution >= 0.6 is 11.6 Å². The van der Waals surface area contributed by atoms with Gasteiger partial charge < -0.3 is 10.5 Å². The van der Waals surface area contributed by atoms with E-state index in [0.29, 0.717) is 17.9 Å². The Morgan fingerprint density at radius 2 is 2.00 bits per heavy atom. The van der Waals surface area contributed by atoms with Gasteiger partial charge in [0, 0.05) is 11.1 Å². The van der Waals surface area contributed by atoms with Gasteiger partial charge in [0.15, 0.2) is 5.69 Å². The molecule has 28 heavy (non-hydrogen) atoms. The molecule has 0 unspecified atom stereocenters. The predicted molar refractivity (Wildman–Crippen MR) is 105 cm³/mol. The topological polar surface area (TPSA) is 99.2 Å². The third-order valence-electron chi connectivity index (χ3n) is 4.76. The molecule has 0 atom stereocenters. The van der Waals surface area contributed by atoms with Gasteiger partial charge in [-0.3, -0.25) is 9.59 Å². The number of fused-ring (bicyclic) bond motifs is 3. The van der Waals surface area contributed by atoms with Crippen molar-refractivity contribution in [2.45, 2.75) is 12.8 Å².